The molecule has 1 aliphatic heterocycles. The van der Waals surface area contributed by atoms with Crippen molar-refractivity contribution in [1.82, 2.24) is 9.97 Å². The maximum atomic E-state index is 5.56. The fourth-order valence-electron chi connectivity index (χ4n) is 3.88. The van der Waals surface area contributed by atoms with Crippen molar-refractivity contribution in [2.24, 2.45) is 0 Å². The first-order valence-corrected chi connectivity index (χ1v) is 9.61. The number of morpholine rings is 1. The quantitative estimate of drug-likeness (QED) is 0.832. The van der Waals surface area contributed by atoms with Gasteiger partial charge in [0.15, 0.2) is 5.82 Å². The topological polar surface area (TPSA) is 38.2 Å². The zero-order chi connectivity index (χ0) is 17.1. The summed E-state index contributed by atoms with van der Waals surface area (Å²) >= 11 is 0. The van der Waals surface area contributed by atoms with Crippen LogP contribution in [0, 0.1) is 6.92 Å². The van der Waals surface area contributed by atoms with Gasteiger partial charge in [-0.3, -0.25) is 0 Å². The minimum Gasteiger partial charge on any atom is -0.378 e. The van der Waals surface area contributed by atoms with Crippen LogP contribution in [-0.4, -0.2) is 36.3 Å². The van der Waals surface area contributed by atoms with E-state index in [0.717, 1.165) is 56.4 Å². The minimum atomic E-state index is 0.790. The molecule has 0 radical (unpaired) electrons. The van der Waals surface area contributed by atoms with Gasteiger partial charge in [-0.2, -0.15) is 0 Å². The van der Waals surface area contributed by atoms with Crippen molar-refractivity contribution < 1.29 is 4.74 Å². The average Bonchev–Trinajstić information content (AvgIpc) is 2.62. The predicted molar refractivity (Wildman–Crippen MR) is 101 cm³/mol. The Kier molecular flexibility index (Phi) is 4.97. The Hall–Kier alpha value is -1.94. The van der Waals surface area contributed by atoms with E-state index in [1.807, 2.05) is 0 Å². The number of ether oxygens (including phenoxy) is 1. The highest BCUT2D eigenvalue weighted by Crippen LogP contribution is 2.30. The predicted octanol–water partition coefficient (Wildman–Crippen LogP) is 3.95. The number of nitrogens with zero attached hydrogens (tertiary/aromatic N) is 3. The fraction of sp³-hybridized carbons (Fsp3) is 0.524. The van der Waals surface area contributed by atoms with Gasteiger partial charge >= 0.3 is 0 Å². The van der Waals surface area contributed by atoms with Gasteiger partial charge in [0.2, 0.25) is 0 Å². The lowest BCUT2D eigenvalue weighted by molar-refractivity contribution is 0.122. The Balaban J connectivity index is 1.81. The molecule has 0 unspecified atom stereocenters. The summed E-state index contributed by atoms with van der Waals surface area (Å²) in [6.45, 7) is 5.56. The van der Waals surface area contributed by atoms with Gasteiger partial charge < -0.3 is 9.64 Å². The molecule has 1 aliphatic carbocycles. The highest BCUT2D eigenvalue weighted by molar-refractivity contribution is 5.61. The molecule has 0 spiro atoms. The van der Waals surface area contributed by atoms with Gasteiger partial charge in [-0.15, -0.1) is 0 Å². The second-order valence-corrected chi connectivity index (χ2v) is 7.18. The highest BCUT2D eigenvalue weighted by atomic mass is 16.5. The molecule has 1 saturated heterocycles. The Labute approximate surface area is 150 Å². The van der Waals surface area contributed by atoms with Crippen LogP contribution in [0.2, 0.25) is 0 Å². The molecule has 4 heteroatoms. The third-order valence-corrected chi connectivity index (χ3v) is 5.25. The summed E-state index contributed by atoms with van der Waals surface area (Å²) in [6, 6.07) is 8.54. The van der Waals surface area contributed by atoms with Gasteiger partial charge in [0, 0.05) is 29.9 Å². The molecule has 25 heavy (non-hydrogen) atoms. The van der Waals surface area contributed by atoms with Crippen molar-refractivity contribution in [3.63, 3.8) is 0 Å². The molecule has 1 fully saturated rings. The molecule has 0 N–H and O–H groups in total. The molecule has 4 rings (SSSR count). The largest absolute Gasteiger partial charge is 0.378 e. The van der Waals surface area contributed by atoms with Crippen molar-refractivity contribution in [1.29, 1.82) is 0 Å². The van der Waals surface area contributed by atoms with Crippen molar-refractivity contribution in [2.45, 2.75) is 45.4 Å². The van der Waals surface area contributed by atoms with Crippen molar-refractivity contribution in [2.75, 3.05) is 31.2 Å². The van der Waals surface area contributed by atoms with E-state index in [4.69, 9.17) is 14.7 Å². The van der Waals surface area contributed by atoms with Crippen molar-refractivity contribution in [3.8, 4) is 11.4 Å². The van der Waals surface area contributed by atoms with E-state index in [-0.39, 0.29) is 0 Å². The van der Waals surface area contributed by atoms with Crippen molar-refractivity contribution in [3.05, 3.63) is 41.1 Å². The van der Waals surface area contributed by atoms with E-state index < -0.39 is 0 Å². The van der Waals surface area contributed by atoms with Gasteiger partial charge in [0.25, 0.3) is 0 Å². The summed E-state index contributed by atoms with van der Waals surface area (Å²) < 4.78 is 5.56. The zero-order valence-electron chi connectivity index (χ0n) is 15.1. The van der Waals surface area contributed by atoms with Gasteiger partial charge in [-0.25, -0.2) is 9.97 Å². The first-order valence-electron chi connectivity index (χ1n) is 9.61. The molecule has 4 nitrogen and oxygen atoms in total. The van der Waals surface area contributed by atoms with E-state index >= 15 is 0 Å². The van der Waals surface area contributed by atoms with Gasteiger partial charge in [-0.05, 0) is 38.7 Å². The summed E-state index contributed by atoms with van der Waals surface area (Å²) in [7, 11) is 0. The van der Waals surface area contributed by atoms with Crippen LogP contribution in [0.1, 0.15) is 42.5 Å². The first kappa shape index (κ1) is 16.5. The van der Waals surface area contributed by atoms with Crippen LogP contribution in [0.15, 0.2) is 24.3 Å². The third kappa shape index (κ3) is 3.69. The van der Waals surface area contributed by atoms with Gasteiger partial charge in [0.1, 0.15) is 5.82 Å². The van der Waals surface area contributed by atoms with Crippen LogP contribution in [0.3, 0.4) is 0 Å². The monoisotopic (exact) mass is 337 g/mol. The Bertz CT molecular complexity index is 738. The van der Waals surface area contributed by atoms with Gasteiger partial charge in [0.05, 0.1) is 13.2 Å². The molecular weight excluding hydrogens is 310 g/mol. The second kappa shape index (κ2) is 7.52. The number of benzene rings is 1. The maximum absolute atomic E-state index is 5.56. The van der Waals surface area contributed by atoms with E-state index in [0.29, 0.717) is 0 Å². The highest BCUT2D eigenvalue weighted by Gasteiger charge is 2.22. The van der Waals surface area contributed by atoms with E-state index in [1.165, 1.54) is 42.5 Å². The number of fused-ring (bicyclic) bond motifs is 1. The van der Waals surface area contributed by atoms with Crippen LogP contribution < -0.4 is 4.90 Å². The lowest BCUT2D eigenvalue weighted by Crippen LogP contribution is -2.38. The normalized spacial score (nSPS) is 18.4. The smallest absolute Gasteiger partial charge is 0.161 e. The average molecular weight is 337 g/mol. The molecule has 0 bridgehead atoms. The number of hydrogen-bond donors (Lipinski definition) is 0. The summed E-state index contributed by atoms with van der Waals surface area (Å²) in [4.78, 5) is 12.5. The maximum Gasteiger partial charge on any atom is 0.161 e. The molecule has 2 aromatic rings. The summed E-state index contributed by atoms with van der Waals surface area (Å²) in [6.07, 6.45) is 7.30. The lowest BCUT2D eigenvalue weighted by atomic mass is 9.96. The molecule has 1 aromatic heterocycles. The summed E-state index contributed by atoms with van der Waals surface area (Å²) in [5.41, 5.74) is 5.03. The number of hydrogen-bond acceptors (Lipinski definition) is 4. The van der Waals surface area contributed by atoms with Gasteiger partial charge in [-0.1, -0.05) is 36.6 Å². The lowest BCUT2D eigenvalue weighted by Gasteiger charge is -2.31. The Morgan fingerprint density at radius 3 is 2.56 bits per heavy atom. The number of rotatable bonds is 2. The van der Waals surface area contributed by atoms with Crippen LogP contribution in [0.4, 0.5) is 5.82 Å². The third-order valence-electron chi connectivity index (χ3n) is 5.25. The summed E-state index contributed by atoms with van der Waals surface area (Å²) in [5.74, 6) is 2.04. The minimum absolute atomic E-state index is 0.790. The van der Waals surface area contributed by atoms with Crippen LogP contribution in [-0.2, 0) is 17.6 Å². The first-order chi connectivity index (χ1) is 12.3. The molecule has 2 aliphatic rings. The Morgan fingerprint density at radius 2 is 1.76 bits per heavy atom. The molecule has 2 heterocycles. The SMILES string of the molecule is Cc1cccc(-c2nc3c(c(N4CCOCC4)n2)CCCCCC3)c1. The van der Waals surface area contributed by atoms with Crippen LogP contribution >= 0.6 is 0 Å². The fourth-order valence-corrected chi connectivity index (χ4v) is 3.88. The molecule has 132 valence electrons. The van der Waals surface area contributed by atoms with E-state index in [9.17, 15) is 0 Å². The second-order valence-electron chi connectivity index (χ2n) is 7.18. The zero-order valence-corrected chi connectivity index (χ0v) is 15.1. The molecule has 0 saturated carbocycles. The summed E-state index contributed by atoms with van der Waals surface area (Å²) in [5, 5.41) is 0. The van der Waals surface area contributed by atoms with E-state index in [2.05, 4.69) is 36.1 Å². The molecule has 0 amide bonds. The standard InChI is InChI=1S/C21H27N3O/c1-16-7-6-8-17(15-16)20-22-19-10-5-3-2-4-9-18(19)21(23-20)24-11-13-25-14-12-24/h6-8,15H,2-5,9-14H2,1H3. The molecular formula is C21H27N3O. The number of aromatic nitrogens is 2. The van der Waals surface area contributed by atoms with Crippen LogP contribution in [0.25, 0.3) is 11.4 Å². The van der Waals surface area contributed by atoms with Crippen LogP contribution in [0.5, 0.6) is 0 Å². The number of aryl methyl sites for hydroxylation is 2. The molecule has 0 atom stereocenters. The van der Waals surface area contributed by atoms with Crippen molar-refractivity contribution >= 4 is 5.82 Å². The number of anilines is 1. The Morgan fingerprint density at radius 1 is 0.960 bits per heavy atom. The molecule has 1 aromatic carbocycles. The van der Waals surface area contributed by atoms with E-state index in [1.54, 1.807) is 0 Å².